The van der Waals surface area contributed by atoms with Gasteiger partial charge in [-0.2, -0.15) is 13.2 Å². The monoisotopic (exact) mass is 272 g/mol. The first-order valence-electron chi connectivity index (χ1n) is 5.82. The predicted molar refractivity (Wildman–Crippen MR) is 65.9 cm³/mol. The summed E-state index contributed by atoms with van der Waals surface area (Å²) in [6.45, 7) is 0.300. The molecular formula is C14H15F3O2. The van der Waals surface area contributed by atoms with Gasteiger partial charge in [-0.25, -0.2) is 0 Å². The van der Waals surface area contributed by atoms with Gasteiger partial charge in [-0.1, -0.05) is 24.3 Å². The van der Waals surface area contributed by atoms with Gasteiger partial charge in [0, 0.05) is 14.2 Å². The Labute approximate surface area is 109 Å². The average molecular weight is 272 g/mol. The molecule has 1 aliphatic rings. The lowest BCUT2D eigenvalue weighted by Gasteiger charge is -2.30. The maximum atomic E-state index is 13.2. The average Bonchev–Trinajstić information content (AvgIpc) is 2.69. The highest BCUT2D eigenvalue weighted by atomic mass is 19.4. The Hall–Kier alpha value is -1.33. The maximum Gasteiger partial charge on any atom is 0.416 e. The van der Waals surface area contributed by atoms with Crippen molar-refractivity contribution in [3.63, 3.8) is 0 Å². The highest BCUT2D eigenvalue weighted by molar-refractivity contribution is 5.68. The van der Waals surface area contributed by atoms with E-state index in [-0.39, 0.29) is 18.8 Å². The van der Waals surface area contributed by atoms with Gasteiger partial charge >= 0.3 is 6.18 Å². The molecule has 1 aromatic carbocycles. The zero-order valence-corrected chi connectivity index (χ0v) is 10.8. The van der Waals surface area contributed by atoms with Gasteiger partial charge in [-0.15, -0.1) is 0 Å². The Kier molecular flexibility index (Phi) is 3.69. The van der Waals surface area contributed by atoms with Crippen LogP contribution in [0.25, 0.3) is 6.08 Å². The van der Waals surface area contributed by atoms with Crippen molar-refractivity contribution in [1.82, 2.24) is 0 Å². The summed E-state index contributed by atoms with van der Waals surface area (Å²) in [5, 5.41) is 0. The molecule has 0 amide bonds. The molecule has 0 heterocycles. The molecule has 0 spiro atoms. The topological polar surface area (TPSA) is 18.5 Å². The van der Waals surface area contributed by atoms with Crippen LogP contribution >= 0.6 is 0 Å². The molecule has 2 nitrogen and oxygen atoms in total. The molecule has 5 heteroatoms. The molecule has 0 N–H and O–H groups in total. The van der Waals surface area contributed by atoms with E-state index in [1.165, 1.54) is 20.3 Å². The third kappa shape index (κ3) is 2.40. The SMILES string of the molecule is COCC1(COC)C=Cc2cccc(C(F)(F)F)c21. The summed E-state index contributed by atoms with van der Waals surface area (Å²) >= 11 is 0. The smallest absolute Gasteiger partial charge is 0.383 e. The molecule has 0 radical (unpaired) electrons. The Balaban J connectivity index is 2.60. The largest absolute Gasteiger partial charge is 0.416 e. The Bertz CT molecular complexity index is 486. The second kappa shape index (κ2) is 4.98. The van der Waals surface area contributed by atoms with E-state index < -0.39 is 17.2 Å². The van der Waals surface area contributed by atoms with Crippen LogP contribution < -0.4 is 0 Å². The number of ether oxygens (including phenoxy) is 2. The van der Waals surface area contributed by atoms with Gasteiger partial charge < -0.3 is 9.47 Å². The Morgan fingerprint density at radius 1 is 1.11 bits per heavy atom. The molecule has 1 aliphatic carbocycles. The number of rotatable bonds is 4. The molecule has 0 bridgehead atoms. The first-order valence-corrected chi connectivity index (χ1v) is 5.82. The summed E-state index contributed by atoms with van der Waals surface area (Å²) < 4.78 is 49.7. The molecule has 104 valence electrons. The number of hydrogen-bond donors (Lipinski definition) is 0. The van der Waals surface area contributed by atoms with Gasteiger partial charge in [-0.3, -0.25) is 0 Å². The van der Waals surface area contributed by atoms with Gasteiger partial charge in [0.05, 0.1) is 24.2 Å². The minimum Gasteiger partial charge on any atom is -0.383 e. The fraction of sp³-hybridized carbons (Fsp3) is 0.429. The van der Waals surface area contributed by atoms with Gasteiger partial charge in [0.15, 0.2) is 0 Å². The van der Waals surface area contributed by atoms with E-state index in [9.17, 15) is 13.2 Å². The van der Waals surface area contributed by atoms with Crippen LogP contribution in [0, 0.1) is 0 Å². The summed E-state index contributed by atoms with van der Waals surface area (Å²) in [6, 6.07) is 4.20. The van der Waals surface area contributed by atoms with Gasteiger partial charge in [0.2, 0.25) is 0 Å². The minimum absolute atomic E-state index is 0.150. The highest BCUT2D eigenvalue weighted by Gasteiger charge is 2.44. The van der Waals surface area contributed by atoms with E-state index in [1.807, 2.05) is 0 Å². The van der Waals surface area contributed by atoms with Crippen molar-refractivity contribution >= 4 is 6.08 Å². The summed E-state index contributed by atoms with van der Waals surface area (Å²) in [5.74, 6) is 0. The quantitative estimate of drug-likeness (QED) is 0.837. The number of hydrogen-bond acceptors (Lipinski definition) is 2. The van der Waals surface area contributed by atoms with Crippen molar-refractivity contribution in [1.29, 1.82) is 0 Å². The van der Waals surface area contributed by atoms with Crippen LogP contribution in [0.2, 0.25) is 0 Å². The maximum absolute atomic E-state index is 13.2. The molecule has 19 heavy (non-hydrogen) atoms. The lowest BCUT2D eigenvalue weighted by atomic mass is 9.81. The van der Waals surface area contributed by atoms with Crippen molar-refractivity contribution in [3.05, 3.63) is 41.0 Å². The lowest BCUT2D eigenvalue weighted by Crippen LogP contribution is -2.35. The fourth-order valence-corrected chi connectivity index (χ4v) is 2.63. The van der Waals surface area contributed by atoms with Crippen molar-refractivity contribution in [2.75, 3.05) is 27.4 Å². The van der Waals surface area contributed by atoms with Crippen molar-refractivity contribution in [2.24, 2.45) is 0 Å². The number of halogens is 3. The van der Waals surface area contributed by atoms with Gasteiger partial charge in [-0.05, 0) is 17.2 Å². The fourth-order valence-electron chi connectivity index (χ4n) is 2.63. The van der Waals surface area contributed by atoms with Crippen molar-refractivity contribution in [3.8, 4) is 0 Å². The van der Waals surface area contributed by atoms with Crippen molar-refractivity contribution in [2.45, 2.75) is 11.6 Å². The normalized spacial score (nSPS) is 16.7. The van der Waals surface area contributed by atoms with Crippen LogP contribution in [0.4, 0.5) is 13.2 Å². The van der Waals surface area contributed by atoms with Gasteiger partial charge in [0.25, 0.3) is 0 Å². The Morgan fingerprint density at radius 3 is 2.26 bits per heavy atom. The number of alkyl halides is 3. The first kappa shape index (κ1) is 14.1. The molecule has 2 rings (SSSR count). The molecule has 0 aromatic heterocycles. The van der Waals surface area contributed by atoms with E-state index in [4.69, 9.17) is 9.47 Å². The number of benzene rings is 1. The van der Waals surface area contributed by atoms with E-state index in [0.717, 1.165) is 6.07 Å². The van der Waals surface area contributed by atoms with Gasteiger partial charge in [0.1, 0.15) is 0 Å². The van der Waals surface area contributed by atoms with Crippen LogP contribution in [-0.2, 0) is 21.1 Å². The third-order valence-corrected chi connectivity index (χ3v) is 3.29. The summed E-state index contributed by atoms with van der Waals surface area (Å²) in [7, 11) is 2.94. The van der Waals surface area contributed by atoms with Crippen LogP contribution in [-0.4, -0.2) is 27.4 Å². The second-order valence-electron chi connectivity index (χ2n) is 4.62. The molecule has 1 aromatic rings. The molecule has 0 saturated carbocycles. The lowest BCUT2D eigenvalue weighted by molar-refractivity contribution is -0.139. The second-order valence-corrected chi connectivity index (χ2v) is 4.62. The molecule has 0 saturated heterocycles. The van der Waals surface area contributed by atoms with Crippen LogP contribution in [0.5, 0.6) is 0 Å². The molecular weight excluding hydrogens is 257 g/mol. The highest BCUT2D eigenvalue weighted by Crippen LogP contribution is 2.44. The summed E-state index contributed by atoms with van der Waals surface area (Å²) in [5.41, 5.74) is -0.676. The summed E-state index contributed by atoms with van der Waals surface area (Å²) in [6.07, 6.45) is -0.952. The standard InChI is InChI=1S/C14H15F3O2/c1-18-8-13(9-19-2)7-6-10-4-3-5-11(12(10)13)14(15,16)17/h3-7H,8-9H2,1-2H3. The molecule has 0 aliphatic heterocycles. The first-order chi connectivity index (χ1) is 8.94. The number of methoxy groups -OCH3 is 2. The van der Waals surface area contributed by atoms with Crippen LogP contribution in [0.1, 0.15) is 16.7 Å². The zero-order valence-electron chi connectivity index (χ0n) is 10.8. The van der Waals surface area contributed by atoms with E-state index >= 15 is 0 Å². The van der Waals surface area contributed by atoms with E-state index in [2.05, 4.69) is 0 Å². The molecule has 0 atom stereocenters. The molecule has 0 fully saturated rings. The minimum atomic E-state index is -4.38. The van der Waals surface area contributed by atoms with Crippen molar-refractivity contribution < 1.29 is 22.6 Å². The van der Waals surface area contributed by atoms with Crippen LogP contribution in [0.15, 0.2) is 24.3 Å². The number of fused-ring (bicyclic) bond motifs is 1. The Morgan fingerprint density at radius 2 is 1.74 bits per heavy atom. The summed E-state index contributed by atoms with van der Waals surface area (Å²) in [4.78, 5) is 0. The van der Waals surface area contributed by atoms with E-state index in [1.54, 1.807) is 18.2 Å². The van der Waals surface area contributed by atoms with E-state index in [0.29, 0.717) is 5.56 Å². The third-order valence-electron chi connectivity index (χ3n) is 3.29. The zero-order chi connectivity index (χ0) is 14.1. The van der Waals surface area contributed by atoms with Crippen LogP contribution in [0.3, 0.4) is 0 Å². The molecule has 0 unspecified atom stereocenters. The predicted octanol–water partition coefficient (Wildman–Crippen LogP) is 3.26.